The highest BCUT2D eigenvalue weighted by Crippen LogP contribution is 2.15. The van der Waals surface area contributed by atoms with E-state index in [1.807, 2.05) is 13.0 Å². The van der Waals surface area contributed by atoms with Gasteiger partial charge < -0.3 is 14.6 Å². The minimum Gasteiger partial charge on any atom is -0.382 e. The van der Waals surface area contributed by atoms with Crippen molar-refractivity contribution in [3.05, 3.63) is 27.7 Å². The molecule has 0 aromatic carbocycles. The van der Waals surface area contributed by atoms with Crippen molar-refractivity contribution in [2.24, 2.45) is 7.05 Å². The molecule has 2 rings (SSSR count). The van der Waals surface area contributed by atoms with Crippen molar-refractivity contribution in [3.63, 3.8) is 0 Å². The van der Waals surface area contributed by atoms with E-state index in [2.05, 4.69) is 5.32 Å². The number of nitrogens with zero attached hydrogens (tertiary/aromatic N) is 1. The van der Waals surface area contributed by atoms with E-state index in [9.17, 15) is 9.59 Å². The van der Waals surface area contributed by atoms with Gasteiger partial charge in [0, 0.05) is 25.9 Å². The van der Waals surface area contributed by atoms with Crippen molar-refractivity contribution in [1.82, 2.24) is 4.57 Å². The van der Waals surface area contributed by atoms with Gasteiger partial charge in [0.2, 0.25) is 0 Å². The number of hydrogen-bond acceptors (Lipinski definition) is 4. The molecular formula is C13H18N2O3. The Bertz CT molecular complexity index is 502. The summed E-state index contributed by atoms with van der Waals surface area (Å²) in [5.74, 6) is 0. The van der Waals surface area contributed by atoms with E-state index in [1.54, 1.807) is 7.05 Å². The number of hydrogen-bond donors (Lipinski definition) is 1. The number of carbonyl (C=O) groups excluding carboxylic acids is 1. The molecule has 0 amide bonds. The maximum Gasteiger partial charge on any atom is 0.263 e. The maximum atomic E-state index is 11.9. The van der Waals surface area contributed by atoms with Crippen LogP contribution < -0.4 is 10.9 Å². The summed E-state index contributed by atoms with van der Waals surface area (Å²) < 4.78 is 6.97. The van der Waals surface area contributed by atoms with Crippen molar-refractivity contribution in [3.8, 4) is 0 Å². The molecule has 5 nitrogen and oxygen atoms in total. The van der Waals surface area contributed by atoms with Crippen molar-refractivity contribution < 1.29 is 9.53 Å². The Morgan fingerprint density at radius 3 is 3.00 bits per heavy atom. The van der Waals surface area contributed by atoms with E-state index in [0.29, 0.717) is 18.5 Å². The molecule has 0 bridgehead atoms. The fourth-order valence-corrected chi connectivity index (χ4v) is 2.13. The van der Waals surface area contributed by atoms with Gasteiger partial charge in [0.05, 0.1) is 11.8 Å². The summed E-state index contributed by atoms with van der Waals surface area (Å²) in [7, 11) is 1.66. The minimum atomic E-state index is -0.264. The molecule has 1 aliphatic heterocycles. The molecule has 0 radical (unpaired) electrons. The van der Waals surface area contributed by atoms with Crippen molar-refractivity contribution in [2.45, 2.75) is 25.9 Å². The van der Waals surface area contributed by atoms with E-state index >= 15 is 0 Å². The summed E-state index contributed by atoms with van der Waals surface area (Å²) >= 11 is 0. The lowest BCUT2D eigenvalue weighted by Crippen LogP contribution is -2.26. The molecule has 0 spiro atoms. The number of anilines is 1. The second-order valence-electron chi connectivity index (χ2n) is 4.61. The molecule has 1 atom stereocenters. The van der Waals surface area contributed by atoms with Gasteiger partial charge in [0.25, 0.3) is 5.56 Å². The van der Waals surface area contributed by atoms with Crippen LogP contribution in [0.1, 0.15) is 28.9 Å². The Morgan fingerprint density at radius 2 is 2.39 bits per heavy atom. The second kappa shape index (κ2) is 5.35. The smallest absolute Gasteiger partial charge is 0.263 e. The third-order valence-corrected chi connectivity index (χ3v) is 3.37. The summed E-state index contributed by atoms with van der Waals surface area (Å²) in [4.78, 5) is 22.9. The van der Waals surface area contributed by atoms with Crippen LogP contribution in [0.25, 0.3) is 0 Å². The first kappa shape index (κ1) is 12.8. The molecule has 1 N–H and O–H groups in total. The average Bonchev–Trinajstić information content (AvgIpc) is 2.86. The molecule has 1 saturated heterocycles. The average molecular weight is 250 g/mol. The van der Waals surface area contributed by atoms with Crippen LogP contribution in [-0.4, -0.2) is 30.1 Å². The topological polar surface area (TPSA) is 60.3 Å². The minimum absolute atomic E-state index is 0.175. The third-order valence-electron chi connectivity index (χ3n) is 3.37. The standard InChI is InChI=1S/C13H18N2O3/c1-9-6-12(11(8-16)13(17)15(9)2)14-7-10-4-3-5-18-10/h6,8,10,14H,3-5,7H2,1-2H3/t10-/m1/s1. The first-order valence-corrected chi connectivity index (χ1v) is 6.14. The van der Waals surface area contributed by atoms with Crippen LogP contribution in [0.4, 0.5) is 5.69 Å². The fraction of sp³-hybridized carbons (Fsp3) is 0.538. The number of pyridine rings is 1. The first-order valence-electron chi connectivity index (χ1n) is 6.14. The molecule has 0 unspecified atom stereocenters. The Hall–Kier alpha value is -1.62. The zero-order chi connectivity index (χ0) is 13.1. The van der Waals surface area contributed by atoms with Crippen molar-refractivity contribution in [1.29, 1.82) is 0 Å². The molecule has 1 aromatic rings. The molecule has 1 aliphatic rings. The van der Waals surface area contributed by atoms with E-state index in [0.717, 1.165) is 25.1 Å². The predicted molar refractivity (Wildman–Crippen MR) is 69.3 cm³/mol. The summed E-state index contributed by atoms with van der Waals surface area (Å²) in [6.07, 6.45) is 2.88. The van der Waals surface area contributed by atoms with Crippen LogP contribution in [0.3, 0.4) is 0 Å². The van der Waals surface area contributed by atoms with Gasteiger partial charge in [0.1, 0.15) is 5.56 Å². The van der Waals surface area contributed by atoms with Gasteiger partial charge in [0.15, 0.2) is 6.29 Å². The number of nitrogens with one attached hydrogen (secondary N) is 1. The molecule has 0 saturated carbocycles. The molecular weight excluding hydrogens is 232 g/mol. The predicted octanol–water partition coefficient (Wildman–Crippen LogP) is 1.10. The highest BCUT2D eigenvalue weighted by Gasteiger charge is 2.16. The molecule has 5 heteroatoms. The zero-order valence-electron chi connectivity index (χ0n) is 10.7. The summed E-state index contributed by atoms with van der Waals surface area (Å²) in [5.41, 5.74) is 1.34. The number of ether oxygens (including phenoxy) is 1. The second-order valence-corrected chi connectivity index (χ2v) is 4.61. The van der Waals surface area contributed by atoms with Gasteiger partial charge in [-0.1, -0.05) is 0 Å². The van der Waals surface area contributed by atoms with Gasteiger partial charge in [-0.2, -0.15) is 0 Å². The normalized spacial score (nSPS) is 18.9. The van der Waals surface area contributed by atoms with Gasteiger partial charge in [-0.3, -0.25) is 9.59 Å². The van der Waals surface area contributed by atoms with Gasteiger partial charge >= 0.3 is 0 Å². The lowest BCUT2D eigenvalue weighted by molar-refractivity contribution is 0.112. The van der Waals surface area contributed by atoms with E-state index in [1.165, 1.54) is 4.57 Å². The maximum absolute atomic E-state index is 11.9. The van der Waals surface area contributed by atoms with Crippen LogP contribution in [0.5, 0.6) is 0 Å². The Labute approximate surface area is 106 Å². The third kappa shape index (κ3) is 2.46. The molecule has 98 valence electrons. The Morgan fingerprint density at radius 1 is 1.61 bits per heavy atom. The Kier molecular flexibility index (Phi) is 3.81. The van der Waals surface area contributed by atoms with Gasteiger partial charge in [-0.05, 0) is 25.8 Å². The van der Waals surface area contributed by atoms with Crippen LogP contribution >= 0.6 is 0 Å². The number of carbonyl (C=O) groups is 1. The lowest BCUT2D eigenvalue weighted by atomic mass is 10.2. The molecule has 18 heavy (non-hydrogen) atoms. The van der Waals surface area contributed by atoms with Crippen LogP contribution in [0, 0.1) is 6.92 Å². The van der Waals surface area contributed by atoms with E-state index < -0.39 is 0 Å². The quantitative estimate of drug-likeness (QED) is 0.813. The number of aryl methyl sites for hydroxylation is 1. The monoisotopic (exact) mass is 250 g/mol. The zero-order valence-corrected chi connectivity index (χ0v) is 10.7. The largest absolute Gasteiger partial charge is 0.382 e. The number of aldehydes is 1. The number of aromatic nitrogens is 1. The molecule has 1 fully saturated rings. The van der Waals surface area contributed by atoms with Gasteiger partial charge in [-0.15, -0.1) is 0 Å². The molecule has 1 aromatic heterocycles. The molecule has 0 aliphatic carbocycles. The van der Waals surface area contributed by atoms with Crippen LogP contribution in [0.2, 0.25) is 0 Å². The Balaban J connectivity index is 2.21. The lowest BCUT2D eigenvalue weighted by Gasteiger charge is -2.15. The van der Waals surface area contributed by atoms with E-state index in [-0.39, 0.29) is 17.2 Å². The fourth-order valence-electron chi connectivity index (χ4n) is 2.13. The van der Waals surface area contributed by atoms with Crippen LogP contribution in [-0.2, 0) is 11.8 Å². The highest BCUT2D eigenvalue weighted by atomic mass is 16.5. The summed E-state index contributed by atoms with van der Waals surface area (Å²) in [6.45, 7) is 3.27. The number of rotatable bonds is 4. The summed E-state index contributed by atoms with van der Waals surface area (Å²) in [6, 6.07) is 1.82. The van der Waals surface area contributed by atoms with Crippen LogP contribution in [0.15, 0.2) is 10.9 Å². The van der Waals surface area contributed by atoms with Crippen molar-refractivity contribution in [2.75, 3.05) is 18.5 Å². The van der Waals surface area contributed by atoms with Gasteiger partial charge in [-0.25, -0.2) is 0 Å². The SMILES string of the molecule is Cc1cc(NC[C@H]2CCCO2)c(C=O)c(=O)n1C. The first-order chi connectivity index (χ1) is 8.63. The van der Waals surface area contributed by atoms with Crippen molar-refractivity contribution >= 4 is 12.0 Å². The molecule has 2 heterocycles. The van der Waals surface area contributed by atoms with E-state index in [4.69, 9.17) is 4.74 Å². The highest BCUT2D eigenvalue weighted by molar-refractivity contribution is 5.83. The summed E-state index contributed by atoms with van der Waals surface area (Å²) in [5, 5.41) is 3.15.